The van der Waals surface area contributed by atoms with Gasteiger partial charge in [0, 0.05) is 10.6 Å². The number of carboxylic acids is 1. The smallest absolute Gasteiger partial charge is 0.307 e. The van der Waals surface area contributed by atoms with Gasteiger partial charge in [-0.3, -0.25) is 4.79 Å². The maximum absolute atomic E-state index is 10.9. The predicted octanol–water partition coefficient (Wildman–Crippen LogP) is 4.43. The fourth-order valence-corrected chi connectivity index (χ4v) is 2.69. The van der Waals surface area contributed by atoms with Crippen molar-refractivity contribution in [1.29, 1.82) is 0 Å². The zero-order chi connectivity index (χ0) is 15.0. The van der Waals surface area contributed by atoms with Crippen molar-refractivity contribution in [3.05, 3.63) is 52.0 Å². The molecule has 1 heterocycles. The maximum atomic E-state index is 10.9. The highest BCUT2D eigenvalue weighted by Gasteiger charge is 2.17. The van der Waals surface area contributed by atoms with Gasteiger partial charge in [-0.05, 0) is 29.8 Å². The number of halogens is 2. The molecule has 0 atom stereocenters. The van der Waals surface area contributed by atoms with E-state index in [0.717, 1.165) is 5.39 Å². The third kappa shape index (κ3) is 2.60. The highest BCUT2D eigenvalue weighted by Crippen LogP contribution is 2.35. The lowest BCUT2D eigenvalue weighted by Gasteiger charge is -2.01. The van der Waals surface area contributed by atoms with Gasteiger partial charge in [-0.2, -0.15) is 0 Å². The van der Waals surface area contributed by atoms with Gasteiger partial charge in [0.2, 0.25) is 0 Å². The Labute approximate surface area is 129 Å². The lowest BCUT2D eigenvalue weighted by Crippen LogP contribution is -2.00. The van der Waals surface area contributed by atoms with Gasteiger partial charge in [0.05, 0.1) is 16.8 Å². The Kier molecular flexibility index (Phi) is 3.57. The van der Waals surface area contributed by atoms with Crippen LogP contribution in [0.25, 0.3) is 22.2 Å². The molecule has 0 fully saturated rings. The van der Waals surface area contributed by atoms with Gasteiger partial charge in [0.15, 0.2) is 5.76 Å². The minimum Gasteiger partial charge on any atom is -0.481 e. The summed E-state index contributed by atoms with van der Waals surface area (Å²) < 4.78 is 5.37. The first-order valence-electron chi connectivity index (χ1n) is 6.11. The van der Waals surface area contributed by atoms with Crippen molar-refractivity contribution in [3.63, 3.8) is 0 Å². The molecule has 1 aromatic heterocycles. The average Bonchev–Trinajstić information content (AvgIpc) is 2.83. The number of rotatable bonds is 3. The Morgan fingerprint density at radius 3 is 2.76 bits per heavy atom. The molecule has 0 spiro atoms. The molecule has 2 aromatic carbocycles. The average molecular weight is 322 g/mol. The topological polar surface area (TPSA) is 63.3 Å². The Bertz CT molecular complexity index is 842. The van der Waals surface area contributed by atoms with Crippen LogP contribution in [0.15, 0.2) is 40.9 Å². The summed E-state index contributed by atoms with van der Waals surface area (Å²) in [6, 6.07) is 10.4. The van der Waals surface area contributed by atoms with Crippen LogP contribution in [0.2, 0.25) is 10.0 Å². The number of aromatic nitrogens is 1. The molecular weight excluding hydrogens is 313 g/mol. The quantitative estimate of drug-likeness (QED) is 0.775. The number of benzene rings is 2. The van der Waals surface area contributed by atoms with Crippen LogP contribution in [0.3, 0.4) is 0 Å². The van der Waals surface area contributed by atoms with Gasteiger partial charge in [-0.1, -0.05) is 40.5 Å². The SMILES string of the molecule is O=C(O)Cc1cccc2c(-c3ccc(Cl)cc3Cl)onc12. The Balaban J connectivity index is 2.19. The minimum absolute atomic E-state index is 0.113. The fourth-order valence-electron chi connectivity index (χ4n) is 2.20. The van der Waals surface area contributed by atoms with E-state index in [1.165, 1.54) is 0 Å². The molecule has 6 heteroatoms. The van der Waals surface area contributed by atoms with E-state index in [-0.39, 0.29) is 6.42 Å². The molecule has 0 aliphatic rings. The lowest BCUT2D eigenvalue weighted by atomic mass is 10.0. The van der Waals surface area contributed by atoms with Crippen LogP contribution >= 0.6 is 23.2 Å². The zero-order valence-electron chi connectivity index (χ0n) is 10.6. The number of hydrogen-bond acceptors (Lipinski definition) is 3. The van der Waals surface area contributed by atoms with E-state index in [2.05, 4.69) is 5.16 Å². The predicted molar refractivity (Wildman–Crippen MR) is 80.8 cm³/mol. The minimum atomic E-state index is -0.920. The monoisotopic (exact) mass is 321 g/mol. The second kappa shape index (κ2) is 5.39. The van der Waals surface area contributed by atoms with Gasteiger partial charge in [0.25, 0.3) is 0 Å². The first-order chi connectivity index (χ1) is 10.1. The van der Waals surface area contributed by atoms with Crippen molar-refractivity contribution in [1.82, 2.24) is 5.16 Å². The number of hydrogen-bond donors (Lipinski definition) is 1. The molecule has 0 saturated carbocycles. The molecule has 0 unspecified atom stereocenters. The number of fused-ring (bicyclic) bond motifs is 1. The third-order valence-corrected chi connectivity index (χ3v) is 3.66. The Hall–Kier alpha value is -2.04. The van der Waals surface area contributed by atoms with Crippen molar-refractivity contribution < 1.29 is 14.4 Å². The Morgan fingerprint density at radius 1 is 1.24 bits per heavy atom. The van der Waals surface area contributed by atoms with Gasteiger partial charge in [-0.25, -0.2) is 0 Å². The Morgan fingerprint density at radius 2 is 2.05 bits per heavy atom. The van der Waals surface area contributed by atoms with Gasteiger partial charge < -0.3 is 9.63 Å². The molecular formula is C15H9Cl2NO3. The van der Waals surface area contributed by atoms with Crippen molar-refractivity contribution in [2.24, 2.45) is 0 Å². The maximum Gasteiger partial charge on any atom is 0.307 e. The van der Waals surface area contributed by atoms with Gasteiger partial charge in [-0.15, -0.1) is 0 Å². The standard InChI is InChI=1S/C15H9Cl2NO3/c16-9-4-5-10(12(17)7-9)15-11-3-1-2-8(6-13(19)20)14(11)18-21-15/h1-5,7H,6H2,(H,19,20). The van der Waals surface area contributed by atoms with Crippen LogP contribution in [0.5, 0.6) is 0 Å². The van der Waals surface area contributed by atoms with Crippen LogP contribution in [0, 0.1) is 0 Å². The summed E-state index contributed by atoms with van der Waals surface area (Å²) in [5.41, 5.74) is 1.79. The molecule has 4 nitrogen and oxygen atoms in total. The van der Waals surface area contributed by atoms with Gasteiger partial charge in [0.1, 0.15) is 5.52 Å². The van der Waals surface area contributed by atoms with Crippen LogP contribution in [0.1, 0.15) is 5.56 Å². The van der Waals surface area contributed by atoms with Crippen molar-refractivity contribution in [3.8, 4) is 11.3 Å². The van der Waals surface area contributed by atoms with E-state index >= 15 is 0 Å². The van der Waals surface area contributed by atoms with Crippen molar-refractivity contribution in [2.75, 3.05) is 0 Å². The highest BCUT2D eigenvalue weighted by molar-refractivity contribution is 6.36. The fraction of sp³-hybridized carbons (Fsp3) is 0.0667. The molecule has 0 aliphatic carbocycles. The molecule has 0 radical (unpaired) electrons. The van der Waals surface area contributed by atoms with E-state index < -0.39 is 5.97 Å². The normalized spacial score (nSPS) is 11.0. The van der Waals surface area contributed by atoms with Gasteiger partial charge >= 0.3 is 5.97 Å². The summed E-state index contributed by atoms with van der Waals surface area (Å²) in [5.74, 6) is -0.421. The number of carboxylic acid groups (broad SMARTS) is 1. The summed E-state index contributed by atoms with van der Waals surface area (Å²) in [4.78, 5) is 10.9. The molecule has 0 aliphatic heterocycles. The summed E-state index contributed by atoms with van der Waals surface area (Å²) in [6.07, 6.45) is -0.113. The van der Waals surface area contributed by atoms with E-state index in [1.807, 2.05) is 6.07 Å². The first-order valence-corrected chi connectivity index (χ1v) is 6.86. The van der Waals surface area contributed by atoms with Crippen LogP contribution < -0.4 is 0 Å². The molecule has 0 amide bonds. The van der Waals surface area contributed by atoms with E-state index in [0.29, 0.717) is 32.4 Å². The number of nitrogens with zero attached hydrogens (tertiary/aromatic N) is 1. The summed E-state index contributed by atoms with van der Waals surface area (Å²) >= 11 is 12.1. The summed E-state index contributed by atoms with van der Waals surface area (Å²) in [5, 5.41) is 14.6. The van der Waals surface area contributed by atoms with Crippen LogP contribution in [-0.4, -0.2) is 16.2 Å². The lowest BCUT2D eigenvalue weighted by molar-refractivity contribution is -0.136. The van der Waals surface area contributed by atoms with E-state index in [1.54, 1.807) is 30.3 Å². The molecule has 21 heavy (non-hydrogen) atoms. The molecule has 3 aromatic rings. The zero-order valence-corrected chi connectivity index (χ0v) is 12.1. The van der Waals surface area contributed by atoms with Crippen molar-refractivity contribution in [2.45, 2.75) is 6.42 Å². The molecule has 1 N–H and O–H groups in total. The molecule has 3 rings (SSSR count). The molecule has 0 bridgehead atoms. The third-order valence-electron chi connectivity index (χ3n) is 3.11. The summed E-state index contributed by atoms with van der Waals surface area (Å²) in [6.45, 7) is 0. The number of aliphatic carboxylic acids is 1. The molecule has 106 valence electrons. The number of carbonyl (C=O) groups is 1. The van der Waals surface area contributed by atoms with Crippen LogP contribution in [-0.2, 0) is 11.2 Å². The van der Waals surface area contributed by atoms with E-state index in [9.17, 15) is 4.79 Å². The summed E-state index contributed by atoms with van der Waals surface area (Å²) in [7, 11) is 0. The first kappa shape index (κ1) is 13.9. The van der Waals surface area contributed by atoms with Crippen molar-refractivity contribution >= 4 is 40.1 Å². The highest BCUT2D eigenvalue weighted by atomic mass is 35.5. The van der Waals surface area contributed by atoms with Crippen LogP contribution in [0.4, 0.5) is 0 Å². The molecule has 0 saturated heterocycles. The van der Waals surface area contributed by atoms with E-state index in [4.69, 9.17) is 32.8 Å². The second-order valence-electron chi connectivity index (χ2n) is 4.52. The largest absolute Gasteiger partial charge is 0.481 e. The second-order valence-corrected chi connectivity index (χ2v) is 5.36.